The average Bonchev–Trinajstić information content (AvgIpc) is 2.75. The molecular weight excluding hydrogens is 302 g/mol. The molecule has 0 aromatic carbocycles. The Morgan fingerprint density at radius 2 is 1.90 bits per heavy atom. The smallest absolute Gasteiger partial charge is 0.240 e. The Kier molecular flexibility index (Phi) is 8.01. The number of nitrogens with one attached hydrogen (secondary N) is 1. The Morgan fingerprint density at radius 1 is 1.35 bits per heavy atom. The third kappa shape index (κ3) is 5.55. The molecule has 0 atom stereocenters. The van der Waals surface area contributed by atoms with E-state index in [0.29, 0.717) is 26.1 Å². The van der Waals surface area contributed by atoms with Crippen molar-refractivity contribution in [1.82, 2.24) is 9.62 Å². The molecule has 1 rings (SSSR count). The molecule has 1 amide bonds. The fourth-order valence-corrected chi connectivity index (χ4v) is 3.35. The van der Waals surface area contributed by atoms with E-state index in [2.05, 4.69) is 5.32 Å². The van der Waals surface area contributed by atoms with E-state index >= 15 is 0 Å². The topological polar surface area (TPSA) is 92.5 Å². The second kappa shape index (κ2) is 8.17. The molecule has 8 heteroatoms. The lowest BCUT2D eigenvalue weighted by molar-refractivity contribution is -0.126. The van der Waals surface area contributed by atoms with Gasteiger partial charge in [0.1, 0.15) is 0 Å². The number of sulfonamides is 1. The highest BCUT2D eigenvalue weighted by molar-refractivity contribution is 7.88. The van der Waals surface area contributed by atoms with Crippen LogP contribution in [-0.2, 0) is 14.8 Å². The molecule has 20 heavy (non-hydrogen) atoms. The average molecular weight is 328 g/mol. The fraction of sp³-hybridized carbons (Fsp3) is 0.917. The summed E-state index contributed by atoms with van der Waals surface area (Å²) in [6, 6.07) is 0. The SMILES string of the molecule is CCN(CCCNC(=O)C1(N)CCCC1)S(C)(=O)=O.Cl. The number of carbonyl (C=O) groups is 1. The highest BCUT2D eigenvalue weighted by Gasteiger charge is 2.36. The Labute approximate surface area is 127 Å². The molecule has 6 nitrogen and oxygen atoms in total. The Bertz CT molecular complexity index is 408. The number of rotatable bonds is 7. The van der Waals surface area contributed by atoms with Gasteiger partial charge < -0.3 is 11.1 Å². The highest BCUT2D eigenvalue weighted by Crippen LogP contribution is 2.27. The van der Waals surface area contributed by atoms with Gasteiger partial charge in [0.05, 0.1) is 11.8 Å². The van der Waals surface area contributed by atoms with E-state index in [1.807, 2.05) is 0 Å². The maximum absolute atomic E-state index is 11.9. The largest absolute Gasteiger partial charge is 0.354 e. The number of hydrogen-bond acceptors (Lipinski definition) is 4. The van der Waals surface area contributed by atoms with Crippen LogP contribution in [0.5, 0.6) is 0 Å². The number of carbonyl (C=O) groups excluding carboxylic acids is 1. The van der Waals surface area contributed by atoms with E-state index in [0.717, 1.165) is 25.7 Å². The van der Waals surface area contributed by atoms with Crippen molar-refractivity contribution >= 4 is 28.3 Å². The van der Waals surface area contributed by atoms with Crippen molar-refractivity contribution in [2.45, 2.75) is 44.6 Å². The lowest BCUT2D eigenvalue weighted by Crippen LogP contribution is -2.52. The molecule has 0 bridgehead atoms. The summed E-state index contributed by atoms with van der Waals surface area (Å²) in [5.74, 6) is -0.104. The van der Waals surface area contributed by atoms with Gasteiger partial charge in [0.15, 0.2) is 0 Å². The molecule has 1 saturated carbocycles. The van der Waals surface area contributed by atoms with Gasteiger partial charge in [0.25, 0.3) is 0 Å². The summed E-state index contributed by atoms with van der Waals surface area (Å²) in [5.41, 5.74) is 5.31. The molecule has 0 aromatic heterocycles. The summed E-state index contributed by atoms with van der Waals surface area (Å²) >= 11 is 0. The van der Waals surface area contributed by atoms with Crippen LogP contribution in [0.3, 0.4) is 0 Å². The van der Waals surface area contributed by atoms with E-state index in [1.54, 1.807) is 6.92 Å². The second-order valence-corrected chi connectivity index (χ2v) is 7.21. The van der Waals surface area contributed by atoms with Gasteiger partial charge in [-0.3, -0.25) is 4.79 Å². The molecule has 1 aliphatic carbocycles. The van der Waals surface area contributed by atoms with Crippen LogP contribution in [0.4, 0.5) is 0 Å². The van der Waals surface area contributed by atoms with Crippen LogP contribution in [0.2, 0.25) is 0 Å². The molecule has 120 valence electrons. The van der Waals surface area contributed by atoms with E-state index < -0.39 is 15.6 Å². The minimum Gasteiger partial charge on any atom is -0.354 e. The predicted molar refractivity (Wildman–Crippen MR) is 82.4 cm³/mol. The van der Waals surface area contributed by atoms with Crippen LogP contribution in [0, 0.1) is 0 Å². The monoisotopic (exact) mass is 327 g/mol. The fourth-order valence-electron chi connectivity index (χ4n) is 2.42. The molecule has 3 N–H and O–H groups in total. The molecule has 0 saturated heterocycles. The predicted octanol–water partition coefficient (Wildman–Crippen LogP) is 0.468. The number of amides is 1. The van der Waals surface area contributed by atoms with Crippen LogP contribution < -0.4 is 11.1 Å². The zero-order valence-electron chi connectivity index (χ0n) is 12.2. The third-order valence-corrected chi connectivity index (χ3v) is 5.02. The molecule has 0 radical (unpaired) electrons. The first-order valence-corrected chi connectivity index (χ1v) is 8.67. The van der Waals surface area contributed by atoms with E-state index in [-0.39, 0.29) is 18.3 Å². The van der Waals surface area contributed by atoms with Gasteiger partial charge in [-0.25, -0.2) is 12.7 Å². The van der Waals surface area contributed by atoms with Crippen LogP contribution in [0.15, 0.2) is 0 Å². The highest BCUT2D eigenvalue weighted by atomic mass is 35.5. The maximum atomic E-state index is 11.9. The molecule has 0 heterocycles. The van der Waals surface area contributed by atoms with Crippen molar-refractivity contribution in [3.63, 3.8) is 0 Å². The van der Waals surface area contributed by atoms with Crippen molar-refractivity contribution in [3.05, 3.63) is 0 Å². The minimum atomic E-state index is -3.15. The number of nitrogens with zero attached hydrogens (tertiary/aromatic N) is 1. The summed E-state index contributed by atoms with van der Waals surface area (Å²) < 4.78 is 24.1. The second-order valence-electron chi connectivity index (χ2n) is 5.23. The molecule has 0 aromatic rings. The first-order chi connectivity index (χ1) is 8.79. The van der Waals surface area contributed by atoms with Gasteiger partial charge in [-0.15, -0.1) is 12.4 Å². The molecular formula is C12H26ClN3O3S. The molecule has 1 aliphatic rings. The van der Waals surface area contributed by atoms with Crippen LogP contribution >= 0.6 is 12.4 Å². The number of nitrogens with two attached hydrogens (primary N) is 1. The van der Waals surface area contributed by atoms with E-state index in [4.69, 9.17) is 5.73 Å². The molecule has 1 fully saturated rings. The van der Waals surface area contributed by atoms with Crippen molar-refractivity contribution < 1.29 is 13.2 Å². The van der Waals surface area contributed by atoms with Gasteiger partial charge in [-0.2, -0.15) is 0 Å². The summed E-state index contributed by atoms with van der Waals surface area (Å²) in [4.78, 5) is 11.9. The van der Waals surface area contributed by atoms with Gasteiger partial charge >= 0.3 is 0 Å². The van der Waals surface area contributed by atoms with Crippen LogP contribution in [0.25, 0.3) is 0 Å². The molecule has 0 aliphatic heterocycles. The van der Waals surface area contributed by atoms with Crippen molar-refractivity contribution in [2.24, 2.45) is 5.73 Å². The van der Waals surface area contributed by atoms with Crippen molar-refractivity contribution in [2.75, 3.05) is 25.9 Å². The maximum Gasteiger partial charge on any atom is 0.240 e. The van der Waals surface area contributed by atoms with Crippen LogP contribution in [-0.4, -0.2) is 50.1 Å². The lowest BCUT2D eigenvalue weighted by atomic mass is 9.98. The van der Waals surface area contributed by atoms with Gasteiger partial charge in [-0.05, 0) is 19.3 Å². The van der Waals surface area contributed by atoms with E-state index in [9.17, 15) is 13.2 Å². The van der Waals surface area contributed by atoms with Crippen LogP contribution in [0.1, 0.15) is 39.0 Å². The minimum absolute atomic E-state index is 0. The first-order valence-electron chi connectivity index (χ1n) is 6.82. The Balaban J connectivity index is 0.00000361. The zero-order chi connectivity index (χ0) is 14.5. The number of hydrogen-bond donors (Lipinski definition) is 2. The van der Waals surface area contributed by atoms with Gasteiger partial charge in [0.2, 0.25) is 15.9 Å². The normalized spacial score (nSPS) is 17.8. The summed E-state index contributed by atoms with van der Waals surface area (Å²) in [5, 5.41) is 2.81. The quantitative estimate of drug-likeness (QED) is 0.665. The summed E-state index contributed by atoms with van der Waals surface area (Å²) in [6.07, 6.45) is 5.28. The Morgan fingerprint density at radius 3 is 2.35 bits per heavy atom. The summed E-state index contributed by atoms with van der Waals surface area (Å²) in [6.45, 7) is 3.14. The van der Waals surface area contributed by atoms with Gasteiger partial charge in [-0.1, -0.05) is 19.8 Å². The standard InChI is InChI=1S/C12H25N3O3S.ClH/c1-3-15(19(2,17)18)10-6-9-14-11(16)12(13)7-4-5-8-12;/h3-10,13H2,1-2H3,(H,14,16);1H. The van der Waals surface area contributed by atoms with Crippen molar-refractivity contribution in [3.8, 4) is 0 Å². The van der Waals surface area contributed by atoms with E-state index in [1.165, 1.54) is 10.6 Å². The molecule has 0 spiro atoms. The summed E-state index contributed by atoms with van der Waals surface area (Å²) in [7, 11) is -3.15. The first kappa shape index (κ1) is 19.6. The number of halogens is 1. The van der Waals surface area contributed by atoms with Gasteiger partial charge in [0, 0.05) is 19.6 Å². The third-order valence-electron chi connectivity index (χ3n) is 3.64. The Hall–Kier alpha value is -0.370. The zero-order valence-corrected chi connectivity index (χ0v) is 13.9. The lowest BCUT2D eigenvalue weighted by Gasteiger charge is -2.23. The molecule has 0 unspecified atom stereocenters. The van der Waals surface area contributed by atoms with Crippen molar-refractivity contribution in [1.29, 1.82) is 0 Å².